The molecule has 0 aromatic rings. The third-order valence-electron chi connectivity index (χ3n) is 4.05. The van der Waals surface area contributed by atoms with E-state index in [1.54, 1.807) is 0 Å². The predicted octanol–water partition coefficient (Wildman–Crippen LogP) is 3.30. The van der Waals surface area contributed by atoms with E-state index < -0.39 is 39.9 Å². The molecule has 0 rings (SSSR count). The molecule has 0 aromatic carbocycles. The molecule has 1 N–H and O–H groups in total. The summed E-state index contributed by atoms with van der Waals surface area (Å²) in [4.78, 5) is 23.2. The topological polar surface area (TPSA) is 99.1 Å². The van der Waals surface area contributed by atoms with Crippen LogP contribution in [0.1, 0.15) is 33.6 Å². The van der Waals surface area contributed by atoms with Crippen molar-refractivity contribution in [2.75, 3.05) is 20.4 Å². The van der Waals surface area contributed by atoms with Gasteiger partial charge in [-0.1, -0.05) is 20.8 Å². The fourth-order valence-corrected chi connectivity index (χ4v) is 4.00. The molecular formula is C14H29O7PSi. The van der Waals surface area contributed by atoms with Crippen molar-refractivity contribution in [3.63, 3.8) is 0 Å². The van der Waals surface area contributed by atoms with Gasteiger partial charge in [0.1, 0.15) is 11.9 Å². The van der Waals surface area contributed by atoms with Crippen LogP contribution >= 0.6 is 7.60 Å². The molecule has 23 heavy (non-hydrogen) atoms. The van der Waals surface area contributed by atoms with Crippen LogP contribution < -0.4 is 0 Å². The summed E-state index contributed by atoms with van der Waals surface area (Å²) < 4.78 is 27.5. The highest BCUT2D eigenvalue weighted by Crippen LogP contribution is 2.46. The molecule has 1 atom stereocenters. The van der Waals surface area contributed by atoms with Gasteiger partial charge in [-0.3, -0.25) is 14.2 Å². The lowest BCUT2D eigenvalue weighted by Gasteiger charge is -2.39. The van der Waals surface area contributed by atoms with Crippen LogP contribution in [-0.2, 0) is 27.6 Å². The highest BCUT2D eigenvalue weighted by atomic mass is 31.2. The maximum atomic E-state index is 12.1. The quantitative estimate of drug-likeness (QED) is 0.466. The van der Waals surface area contributed by atoms with Crippen LogP contribution in [0.5, 0.6) is 0 Å². The number of carbonyl (C=O) groups is 2. The number of carbonyl (C=O) groups excluding carboxylic acids is 1. The molecular weight excluding hydrogens is 339 g/mol. The fourth-order valence-electron chi connectivity index (χ4n) is 1.68. The SMILES string of the molecule is COP(=O)(CC(=O)C[C@H](CC(=O)O)O[Si](C)(C)C(C)(C)C)OC. The standard InChI is InChI=1S/C14H29O7PSi/c1-14(2,3)23(6,7)21-12(9-13(16)17)8-11(15)10-22(18,19-4)20-5/h12H,8-10H2,1-7H3,(H,16,17)/t12-/m1/s1. The maximum absolute atomic E-state index is 12.1. The van der Waals surface area contributed by atoms with Gasteiger partial charge in [-0.05, 0) is 18.1 Å². The van der Waals surface area contributed by atoms with Crippen molar-refractivity contribution in [2.24, 2.45) is 0 Å². The summed E-state index contributed by atoms with van der Waals surface area (Å²) in [5.41, 5.74) is 0. The Kier molecular flexibility index (Phi) is 8.33. The first-order chi connectivity index (χ1) is 10.3. The third kappa shape index (κ3) is 7.72. The Bertz CT molecular complexity index is 462. The number of carboxylic acid groups (broad SMARTS) is 1. The molecule has 0 heterocycles. The van der Waals surface area contributed by atoms with Gasteiger partial charge in [0.25, 0.3) is 0 Å². The first-order valence-corrected chi connectivity index (χ1v) is 12.0. The Labute approximate surface area is 139 Å². The van der Waals surface area contributed by atoms with Gasteiger partial charge in [-0.15, -0.1) is 0 Å². The Morgan fingerprint density at radius 3 is 1.96 bits per heavy atom. The zero-order valence-corrected chi connectivity index (χ0v) is 16.9. The molecule has 0 fully saturated rings. The monoisotopic (exact) mass is 368 g/mol. The molecule has 0 saturated carbocycles. The van der Waals surface area contributed by atoms with E-state index in [1.165, 1.54) is 14.2 Å². The first kappa shape index (κ1) is 22.5. The Morgan fingerprint density at radius 2 is 1.61 bits per heavy atom. The smallest absolute Gasteiger partial charge is 0.337 e. The van der Waals surface area contributed by atoms with E-state index in [9.17, 15) is 14.2 Å². The van der Waals surface area contributed by atoms with E-state index in [2.05, 4.69) is 0 Å². The minimum absolute atomic E-state index is 0.110. The van der Waals surface area contributed by atoms with Crippen molar-refractivity contribution >= 4 is 27.7 Å². The van der Waals surface area contributed by atoms with E-state index in [0.717, 1.165) is 0 Å². The van der Waals surface area contributed by atoms with Crippen LogP contribution in [0, 0.1) is 0 Å². The van der Waals surface area contributed by atoms with Gasteiger partial charge < -0.3 is 18.6 Å². The molecule has 0 unspecified atom stereocenters. The van der Waals surface area contributed by atoms with Crippen molar-refractivity contribution < 1.29 is 32.7 Å². The van der Waals surface area contributed by atoms with Crippen molar-refractivity contribution in [2.45, 2.75) is 57.8 Å². The minimum atomic E-state index is -3.45. The number of rotatable bonds is 10. The Hall–Kier alpha value is -0.533. The molecule has 0 radical (unpaired) electrons. The summed E-state index contributed by atoms with van der Waals surface area (Å²) in [6.45, 7) is 10.1. The van der Waals surface area contributed by atoms with E-state index >= 15 is 0 Å². The molecule has 0 amide bonds. The maximum Gasteiger partial charge on any atom is 0.337 e. The van der Waals surface area contributed by atoms with Gasteiger partial charge in [0.2, 0.25) is 0 Å². The summed E-state index contributed by atoms with van der Waals surface area (Å²) in [6, 6.07) is 0. The van der Waals surface area contributed by atoms with E-state index in [1.807, 2.05) is 33.9 Å². The number of ketones is 1. The van der Waals surface area contributed by atoms with Crippen molar-refractivity contribution in [1.29, 1.82) is 0 Å². The molecule has 136 valence electrons. The molecule has 0 saturated heterocycles. The summed E-state index contributed by atoms with van der Waals surface area (Å²) in [5.74, 6) is -1.44. The summed E-state index contributed by atoms with van der Waals surface area (Å²) >= 11 is 0. The lowest BCUT2D eigenvalue weighted by Crippen LogP contribution is -2.45. The van der Waals surface area contributed by atoms with Crippen LogP contribution in [0.15, 0.2) is 0 Å². The normalized spacial score (nSPS) is 14.6. The van der Waals surface area contributed by atoms with E-state index in [4.69, 9.17) is 18.6 Å². The zero-order valence-electron chi connectivity index (χ0n) is 15.0. The van der Waals surface area contributed by atoms with Gasteiger partial charge in [0.05, 0.1) is 12.5 Å². The molecule has 0 spiro atoms. The fraction of sp³-hybridized carbons (Fsp3) is 0.857. The number of aliphatic carboxylic acids is 1. The third-order valence-corrected chi connectivity index (χ3v) is 10.4. The van der Waals surface area contributed by atoms with E-state index in [0.29, 0.717) is 0 Å². The molecule has 7 nitrogen and oxygen atoms in total. The molecule has 0 aromatic heterocycles. The van der Waals surface area contributed by atoms with Crippen molar-refractivity contribution in [3.05, 3.63) is 0 Å². The number of Topliss-reactive ketones (excluding diaryl/α,β-unsaturated/α-hetero) is 1. The molecule has 0 aliphatic carbocycles. The van der Waals surface area contributed by atoms with Crippen molar-refractivity contribution in [1.82, 2.24) is 0 Å². The highest BCUT2D eigenvalue weighted by Gasteiger charge is 2.40. The van der Waals surface area contributed by atoms with Crippen LogP contribution in [0.3, 0.4) is 0 Å². The summed E-state index contributed by atoms with van der Waals surface area (Å²) in [7, 11) is -3.26. The Balaban J connectivity index is 5.04. The molecule has 0 aliphatic rings. The molecule has 0 bridgehead atoms. The largest absolute Gasteiger partial charge is 0.481 e. The molecule has 9 heteroatoms. The average molecular weight is 368 g/mol. The lowest BCUT2D eigenvalue weighted by atomic mass is 10.1. The highest BCUT2D eigenvalue weighted by molar-refractivity contribution is 7.54. The second kappa shape index (κ2) is 8.53. The van der Waals surface area contributed by atoms with Gasteiger partial charge >= 0.3 is 13.6 Å². The van der Waals surface area contributed by atoms with Gasteiger partial charge in [-0.2, -0.15) is 0 Å². The van der Waals surface area contributed by atoms with Crippen LogP contribution in [0.2, 0.25) is 18.1 Å². The first-order valence-electron chi connectivity index (χ1n) is 7.38. The van der Waals surface area contributed by atoms with Gasteiger partial charge in [-0.25, -0.2) is 0 Å². The lowest BCUT2D eigenvalue weighted by molar-refractivity contribution is -0.139. The molecule has 0 aliphatic heterocycles. The number of hydrogen-bond acceptors (Lipinski definition) is 6. The second-order valence-electron chi connectivity index (χ2n) is 6.97. The zero-order chi connectivity index (χ0) is 18.5. The number of hydrogen-bond donors (Lipinski definition) is 1. The van der Waals surface area contributed by atoms with Crippen LogP contribution in [0.4, 0.5) is 0 Å². The summed E-state index contributed by atoms with van der Waals surface area (Å²) in [5, 5.41) is 8.93. The Morgan fingerprint density at radius 1 is 1.13 bits per heavy atom. The predicted molar refractivity (Wildman–Crippen MR) is 90.4 cm³/mol. The second-order valence-corrected chi connectivity index (χ2v) is 14.0. The van der Waals surface area contributed by atoms with Gasteiger partial charge in [0.15, 0.2) is 8.32 Å². The summed E-state index contributed by atoms with van der Waals surface area (Å²) in [6.07, 6.45) is -1.54. The van der Waals surface area contributed by atoms with Gasteiger partial charge in [0, 0.05) is 20.6 Å². The van der Waals surface area contributed by atoms with E-state index in [-0.39, 0.29) is 17.9 Å². The van der Waals surface area contributed by atoms with Crippen molar-refractivity contribution in [3.8, 4) is 0 Å². The van der Waals surface area contributed by atoms with Crippen LogP contribution in [-0.4, -0.2) is 51.7 Å². The van der Waals surface area contributed by atoms with Crippen LogP contribution in [0.25, 0.3) is 0 Å². The minimum Gasteiger partial charge on any atom is -0.481 e. The average Bonchev–Trinajstić information content (AvgIpc) is 2.35. The number of carboxylic acids is 1.